The summed E-state index contributed by atoms with van der Waals surface area (Å²) in [5.74, 6) is 0.453. The zero-order valence-electron chi connectivity index (χ0n) is 9.53. The molecule has 0 atom stereocenters. The van der Waals surface area contributed by atoms with E-state index < -0.39 is 0 Å². The van der Waals surface area contributed by atoms with Crippen LogP contribution in [-0.4, -0.2) is 19.0 Å². The summed E-state index contributed by atoms with van der Waals surface area (Å²) in [6.07, 6.45) is 2.59. The summed E-state index contributed by atoms with van der Waals surface area (Å²) in [4.78, 5) is 4.18. The minimum Gasteiger partial charge on any atom is -0.370 e. The lowest BCUT2D eigenvalue weighted by molar-refractivity contribution is 0.930. The fourth-order valence-electron chi connectivity index (χ4n) is 1.19. The van der Waals surface area contributed by atoms with Crippen LogP contribution >= 0.6 is 35.6 Å². The second-order valence-corrected chi connectivity index (χ2v) is 3.75. The van der Waals surface area contributed by atoms with E-state index in [4.69, 9.17) is 17.3 Å². The molecule has 0 saturated carbocycles. The van der Waals surface area contributed by atoms with Crippen molar-refractivity contribution in [2.24, 2.45) is 10.7 Å². The molecular formula is C12H17ClIN3. The molecule has 0 aliphatic rings. The third-order valence-electron chi connectivity index (χ3n) is 2.02. The average Bonchev–Trinajstić information content (AvgIpc) is 2.29. The molecule has 0 unspecified atom stereocenters. The molecule has 0 amide bonds. The van der Waals surface area contributed by atoms with Crippen LogP contribution in [-0.2, 0) is 6.42 Å². The quantitative estimate of drug-likeness (QED) is 0.365. The van der Waals surface area contributed by atoms with Gasteiger partial charge in [0.25, 0.3) is 0 Å². The Balaban J connectivity index is 0.00000256. The van der Waals surface area contributed by atoms with Crippen LogP contribution in [0.3, 0.4) is 0 Å². The number of nitrogens with one attached hydrogen (secondary N) is 1. The smallest absolute Gasteiger partial charge is 0.188 e. The molecule has 3 nitrogen and oxygen atoms in total. The summed E-state index contributed by atoms with van der Waals surface area (Å²) < 4.78 is 0. The zero-order chi connectivity index (χ0) is 11.8. The molecule has 0 heterocycles. The second kappa shape index (κ2) is 9.30. The van der Waals surface area contributed by atoms with Crippen LogP contribution in [0.4, 0.5) is 0 Å². The minimum atomic E-state index is 0. The molecule has 17 heavy (non-hydrogen) atoms. The van der Waals surface area contributed by atoms with E-state index in [0.717, 1.165) is 11.4 Å². The lowest BCUT2D eigenvalue weighted by atomic mass is 10.1. The first-order valence-electron chi connectivity index (χ1n) is 5.11. The van der Waals surface area contributed by atoms with Gasteiger partial charge in [0.15, 0.2) is 5.96 Å². The molecule has 5 heteroatoms. The highest BCUT2D eigenvalue weighted by Crippen LogP contribution is 2.09. The van der Waals surface area contributed by atoms with Crippen LogP contribution in [0.2, 0.25) is 5.02 Å². The van der Waals surface area contributed by atoms with Crippen LogP contribution in [0.15, 0.2) is 41.9 Å². The van der Waals surface area contributed by atoms with Crippen LogP contribution < -0.4 is 11.1 Å². The first-order chi connectivity index (χ1) is 7.72. The largest absolute Gasteiger partial charge is 0.370 e. The maximum Gasteiger partial charge on any atom is 0.188 e. The fourth-order valence-corrected chi connectivity index (χ4v) is 1.32. The van der Waals surface area contributed by atoms with E-state index in [1.165, 1.54) is 5.56 Å². The number of aliphatic imine (C=N–C) groups is 1. The van der Waals surface area contributed by atoms with E-state index in [9.17, 15) is 0 Å². The Morgan fingerprint density at radius 3 is 2.65 bits per heavy atom. The fraction of sp³-hybridized carbons (Fsp3) is 0.250. The molecule has 0 fully saturated rings. The summed E-state index contributed by atoms with van der Waals surface area (Å²) in [6, 6.07) is 7.73. The highest BCUT2D eigenvalue weighted by atomic mass is 127. The number of halogens is 2. The monoisotopic (exact) mass is 365 g/mol. The molecule has 0 saturated heterocycles. The summed E-state index contributed by atoms with van der Waals surface area (Å²) >= 11 is 5.79. The van der Waals surface area contributed by atoms with Crippen molar-refractivity contribution in [1.29, 1.82) is 0 Å². The Kier molecular flexibility index (Phi) is 8.89. The maximum atomic E-state index is 5.79. The molecule has 0 spiro atoms. The topological polar surface area (TPSA) is 50.4 Å². The van der Waals surface area contributed by atoms with Crippen molar-refractivity contribution in [2.45, 2.75) is 6.42 Å². The summed E-state index contributed by atoms with van der Waals surface area (Å²) in [5, 5.41) is 3.67. The van der Waals surface area contributed by atoms with Crippen molar-refractivity contribution in [3.8, 4) is 0 Å². The third kappa shape index (κ3) is 7.23. The predicted octanol–water partition coefficient (Wildman–Crippen LogP) is 2.59. The Morgan fingerprint density at radius 1 is 1.41 bits per heavy atom. The third-order valence-corrected chi connectivity index (χ3v) is 2.28. The average molecular weight is 366 g/mol. The van der Waals surface area contributed by atoms with Crippen molar-refractivity contribution >= 4 is 41.5 Å². The number of rotatable bonds is 5. The van der Waals surface area contributed by atoms with E-state index in [1.807, 2.05) is 24.3 Å². The summed E-state index contributed by atoms with van der Waals surface area (Å²) in [6.45, 7) is 4.88. The Labute approximate surface area is 124 Å². The van der Waals surface area contributed by atoms with E-state index in [1.54, 1.807) is 6.08 Å². The zero-order valence-corrected chi connectivity index (χ0v) is 12.6. The maximum absolute atomic E-state index is 5.79. The van der Waals surface area contributed by atoms with Gasteiger partial charge in [0, 0.05) is 18.1 Å². The normalized spacial score (nSPS) is 10.5. The van der Waals surface area contributed by atoms with Gasteiger partial charge in [-0.25, -0.2) is 0 Å². The van der Waals surface area contributed by atoms with Crippen molar-refractivity contribution in [3.05, 3.63) is 47.5 Å². The van der Waals surface area contributed by atoms with Gasteiger partial charge in [-0.15, -0.1) is 30.6 Å². The molecule has 94 valence electrons. The highest BCUT2D eigenvalue weighted by Gasteiger charge is 1.93. The molecular weight excluding hydrogens is 349 g/mol. The molecule has 0 aliphatic heterocycles. The number of nitrogens with two attached hydrogens (primary N) is 1. The molecule has 1 rings (SSSR count). The molecule has 3 N–H and O–H groups in total. The van der Waals surface area contributed by atoms with Gasteiger partial charge in [0.2, 0.25) is 0 Å². The predicted molar refractivity (Wildman–Crippen MR) is 85.3 cm³/mol. The Hall–Kier alpha value is -0.750. The standard InChI is InChI=1S/C12H16ClN3.HI/c1-2-8-15-12(14)16-9-7-10-3-5-11(13)6-4-10;/h2-6H,1,7-9H2,(H3,14,15,16);1H. The van der Waals surface area contributed by atoms with Gasteiger partial charge < -0.3 is 11.1 Å². The first-order valence-corrected chi connectivity index (χ1v) is 5.49. The molecule has 0 bridgehead atoms. The number of hydrogen-bond donors (Lipinski definition) is 2. The van der Waals surface area contributed by atoms with Crippen molar-refractivity contribution in [2.75, 3.05) is 13.1 Å². The number of benzene rings is 1. The van der Waals surface area contributed by atoms with E-state index in [2.05, 4.69) is 16.9 Å². The SMILES string of the molecule is C=CCNC(N)=NCCc1ccc(Cl)cc1.I. The first kappa shape index (κ1) is 16.2. The van der Waals surface area contributed by atoms with E-state index >= 15 is 0 Å². The van der Waals surface area contributed by atoms with Crippen LogP contribution in [0, 0.1) is 0 Å². The number of nitrogens with zero attached hydrogens (tertiary/aromatic N) is 1. The molecule has 0 aromatic heterocycles. The Bertz CT molecular complexity index is 363. The highest BCUT2D eigenvalue weighted by molar-refractivity contribution is 14.0. The lowest BCUT2D eigenvalue weighted by Gasteiger charge is -2.02. The van der Waals surface area contributed by atoms with Gasteiger partial charge in [-0.05, 0) is 24.1 Å². The molecule has 1 aromatic carbocycles. The van der Waals surface area contributed by atoms with Crippen LogP contribution in [0.5, 0.6) is 0 Å². The van der Waals surface area contributed by atoms with Gasteiger partial charge in [-0.1, -0.05) is 29.8 Å². The molecule has 1 aromatic rings. The number of guanidine groups is 1. The minimum absolute atomic E-state index is 0. The van der Waals surface area contributed by atoms with Crippen molar-refractivity contribution in [3.63, 3.8) is 0 Å². The lowest BCUT2D eigenvalue weighted by Crippen LogP contribution is -2.31. The van der Waals surface area contributed by atoms with Gasteiger partial charge >= 0.3 is 0 Å². The van der Waals surface area contributed by atoms with E-state index in [-0.39, 0.29) is 24.0 Å². The van der Waals surface area contributed by atoms with Gasteiger partial charge in [0.05, 0.1) is 0 Å². The van der Waals surface area contributed by atoms with Gasteiger partial charge in [-0.2, -0.15) is 0 Å². The number of hydrogen-bond acceptors (Lipinski definition) is 1. The van der Waals surface area contributed by atoms with Crippen molar-refractivity contribution in [1.82, 2.24) is 5.32 Å². The molecule has 0 aliphatic carbocycles. The van der Waals surface area contributed by atoms with Gasteiger partial charge in [0.1, 0.15) is 0 Å². The van der Waals surface area contributed by atoms with Crippen LogP contribution in [0.25, 0.3) is 0 Å². The van der Waals surface area contributed by atoms with Gasteiger partial charge in [-0.3, -0.25) is 4.99 Å². The van der Waals surface area contributed by atoms with Crippen molar-refractivity contribution < 1.29 is 0 Å². The second-order valence-electron chi connectivity index (χ2n) is 3.31. The molecule has 0 radical (unpaired) electrons. The van der Waals surface area contributed by atoms with E-state index in [0.29, 0.717) is 19.0 Å². The van der Waals surface area contributed by atoms with Crippen LogP contribution in [0.1, 0.15) is 5.56 Å². The summed E-state index contributed by atoms with van der Waals surface area (Å²) in [5.41, 5.74) is 6.82. The summed E-state index contributed by atoms with van der Waals surface area (Å²) in [7, 11) is 0. The Morgan fingerprint density at radius 2 is 2.06 bits per heavy atom.